The molecule has 3 N–H and O–H groups in total. The lowest BCUT2D eigenvalue weighted by molar-refractivity contribution is -0.146. The SMILES string of the molecule is CCOC(=O)C(CNC(=O)CNS(=O)(=O)c1ccc2ccccc2c1)N(C(=O)C1CCNCC1)c1ccncc1. The number of pyridine rings is 1. The molecule has 1 unspecified atom stereocenters. The summed E-state index contributed by atoms with van der Waals surface area (Å²) >= 11 is 0. The molecule has 0 bridgehead atoms. The highest BCUT2D eigenvalue weighted by Gasteiger charge is 2.36. The van der Waals surface area contributed by atoms with Gasteiger partial charge in [0.05, 0.1) is 18.0 Å². The fourth-order valence-corrected chi connectivity index (χ4v) is 5.62. The number of carbonyl (C=O) groups is 3. The lowest BCUT2D eigenvalue weighted by atomic mass is 9.95. The predicted octanol–water partition coefficient (Wildman–Crippen LogP) is 1.59. The number of anilines is 1. The van der Waals surface area contributed by atoms with Gasteiger partial charge in [0.1, 0.15) is 0 Å². The fourth-order valence-electron chi connectivity index (χ4n) is 4.60. The van der Waals surface area contributed by atoms with Crippen LogP contribution < -0.4 is 20.3 Å². The first kappa shape index (κ1) is 29.1. The fraction of sp³-hybridized carbons (Fsp3) is 0.357. The van der Waals surface area contributed by atoms with Crippen molar-refractivity contribution in [2.24, 2.45) is 5.92 Å². The molecule has 0 saturated carbocycles. The number of nitrogens with zero attached hydrogens (tertiary/aromatic N) is 2. The van der Waals surface area contributed by atoms with Gasteiger partial charge in [-0.2, -0.15) is 0 Å². The number of carbonyl (C=O) groups excluding carboxylic acids is 3. The van der Waals surface area contributed by atoms with Crippen molar-refractivity contribution in [3.05, 3.63) is 67.0 Å². The minimum Gasteiger partial charge on any atom is -0.464 e. The van der Waals surface area contributed by atoms with E-state index in [0.717, 1.165) is 10.8 Å². The van der Waals surface area contributed by atoms with E-state index >= 15 is 0 Å². The van der Waals surface area contributed by atoms with E-state index in [1.54, 1.807) is 31.2 Å². The zero-order valence-corrected chi connectivity index (χ0v) is 23.0. The predicted molar refractivity (Wildman–Crippen MR) is 150 cm³/mol. The van der Waals surface area contributed by atoms with Crippen molar-refractivity contribution < 1.29 is 27.5 Å². The van der Waals surface area contributed by atoms with Crippen molar-refractivity contribution >= 4 is 44.3 Å². The number of hydrogen-bond donors (Lipinski definition) is 3. The van der Waals surface area contributed by atoms with E-state index < -0.39 is 34.5 Å². The molecule has 0 aliphatic carbocycles. The minimum absolute atomic E-state index is 0.0276. The first-order valence-electron chi connectivity index (χ1n) is 13.2. The number of sulfonamides is 1. The Balaban J connectivity index is 1.47. The normalized spacial score (nSPS) is 14.8. The van der Waals surface area contributed by atoms with Gasteiger partial charge in [-0.3, -0.25) is 19.5 Å². The maximum atomic E-state index is 13.7. The number of nitrogens with one attached hydrogen (secondary N) is 3. The van der Waals surface area contributed by atoms with Gasteiger partial charge in [0, 0.05) is 30.5 Å². The van der Waals surface area contributed by atoms with Crippen LogP contribution in [0.1, 0.15) is 19.8 Å². The van der Waals surface area contributed by atoms with E-state index in [0.29, 0.717) is 31.6 Å². The van der Waals surface area contributed by atoms with Gasteiger partial charge in [0.15, 0.2) is 6.04 Å². The number of ether oxygens (including phenoxy) is 1. The van der Waals surface area contributed by atoms with Crippen LogP contribution >= 0.6 is 0 Å². The third-order valence-electron chi connectivity index (χ3n) is 6.68. The molecule has 0 radical (unpaired) electrons. The van der Waals surface area contributed by atoms with Crippen molar-refractivity contribution in [3.63, 3.8) is 0 Å². The van der Waals surface area contributed by atoms with Crippen LogP contribution in [0.25, 0.3) is 10.8 Å². The molecule has 1 fully saturated rings. The highest BCUT2D eigenvalue weighted by atomic mass is 32.2. The molecule has 4 rings (SSSR count). The van der Waals surface area contributed by atoms with Gasteiger partial charge in [-0.25, -0.2) is 17.9 Å². The number of aromatic nitrogens is 1. The van der Waals surface area contributed by atoms with Crippen LogP contribution in [-0.2, 0) is 29.1 Å². The molecule has 1 atom stereocenters. The first-order valence-corrected chi connectivity index (χ1v) is 14.6. The molecule has 11 nitrogen and oxygen atoms in total. The Hall–Kier alpha value is -3.87. The summed E-state index contributed by atoms with van der Waals surface area (Å²) in [5.41, 5.74) is 0.447. The van der Waals surface area contributed by atoms with Gasteiger partial charge in [-0.15, -0.1) is 0 Å². The van der Waals surface area contributed by atoms with Gasteiger partial charge in [-0.1, -0.05) is 30.3 Å². The minimum atomic E-state index is -3.98. The number of benzene rings is 2. The van der Waals surface area contributed by atoms with Gasteiger partial charge in [0.25, 0.3) is 0 Å². The van der Waals surface area contributed by atoms with Crippen LogP contribution in [0, 0.1) is 5.92 Å². The lowest BCUT2D eigenvalue weighted by Gasteiger charge is -2.34. The molecular weight excluding hydrogens is 534 g/mol. The summed E-state index contributed by atoms with van der Waals surface area (Å²) < 4.78 is 33.2. The smallest absolute Gasteiger partial charge is 0.331 e. The number of rotatable bonds is 11. The van der Waals surface area contributed by atoms with Crippen LogP contribution in [-0.4, -0.2) is 70.0 Å². The Bertz CT molecular complexity index is 1440. The first-order chi connectivity index (χ1) is 19.3. The molecule has 2 heterocycles. The van der Waals surface area contributed by atoms with Crippen molar-refractivity contribution in [2.75, 3.05) is 37.7 Å². The van der Waals surface area contributed by atoms with E-state index in [1.807, 2.05) is 18.2 Å². The van der Waals surface area contributed by atoms with Gasteiger partial charge in [0.2, 0.25) is 21.8 Å². The number of fused-ring (bicyclic) bond motifs is 1. The van der Waals surface area contributed by atoms with Crippen molar-refractivity contribution in [1.29, 1.82) is 0 Å². The summed E-state index contributed by atoms with van der Waals surface area (Å²) in [6.45, 7) is 2.27. The Morgan fingerprint density at radius 1 is 1.05 bits per heavy atom. The maximum absolute atomic E-state index is 13.7. The van der Waals surface area contributed by atoms with Crippen molar-refractivity contribution in [3.8, 4) is 0 Å². The summed E-state index contributed by atoms with van der Waals surface area (Å²) in [6, 6.07) is 14.1. The van der Waals surface area contributed by atoms with E-state index in [1.165, 1.54) is 29.4 Å². The van der Waals surface area contributed by atoms with Crippen LogP contribution in [0.2, 0.25) is 0 Å². The summed E-state index contributed by atoms with van der Waals surface area (Å²) in [5.74, 6) is -1.91. The van der Waals surface area contributed by atoms with Crippen molar-refractivity contribution in [2.45, 2.75) is 30.7 Å². The molecular formula is C28H33N5O6S. The monoisotopic (exact) mass is 567 g/mol. The molecule has 12 heteroatoms. The second-order valence-corrected chi connectivity index (χ2v) is 11.1. The van der Waals surface area contributed by atoms with E-state index in [-0.39, 0.29) is 29.9 Å². The van der Waals surface area contributed by atoms with E-state index in [2.05, 4.69) is 20.3 Å². The third kappa shape index (κ3) is 7.20. The third-order valence-corrected chi connectivity index (χ3v) is 8.08. The largest absolute Gasteiger partial charge is 0.464 e. The van der Waals surface area contributed by atoms with Gasteiger partial charge < -0.3 is 15.4 Å². The van der Waals surface area contributed by atoms with Crippen LogP contribution in [0.4, 0.5) is 5.69 Å². The zero-order chi connectivity index (χ0) is 28.5. The molecule has 1 aliphatic rings. The quantitative estimate of drug-likeness (QED) is 0.296. The number of esters is 1. The van der Waals surface area contributed by atoms with Crippen molar-refractivity contribution in [1.82, 2.24) is 20.3 Å². The molecule has 1 saturated heterocycles. The summed E-state index contributed by atoms with van der Waals surface area (Å²) in [7, 11) is -3.98. The second kappa shape index (κ2) is 13.5. The summed E-state index contributed by atoms with van der Waals surface area (Å²) in [6.07, 6.45) is 4.25. The molecule has 1 aromatic heterocycles. The average molecular weight is 568 g/mol. The van der Waals surface area contributed by atoms with Crippen LogP contribution in [0.5, 0.6) is 0 Å². The molecule has 0 spiro atoms. The number of piperidine rings is 1. The van der Waals surface area contributed by atoms with Gasteiger partial charge >= 0.3 is 5.97 Å². The van der Waals surface area contributed by atoms with E-state index in [9.17, 15) is 22.8 Å². The molecule has 212 valence electrons. The van der Waals surface area contributed by atoms with Crippen LogP contribution in [0.15, 0.2) is 71.9 Å². The Morgan fingerprint density at radius 2 is 1.75 bits per heavy atom. The van der Waals surface area contributed by atoms with Gasteiger partial charge in [-0.05, 0) is 67.9 Å². The summed E-state index contributed by atoms with van der Waals surface area (Å²) in [5, 5.41) is 7.46. The Morgan fingerprint density at radius 3 is 2.45 bits per heavy atom. The highest BCUT2D eigenvalue weighted by Crippen LogP contribution is 2.24. The highest BCUT2D eigenvalue weighted by molar-refractivity contribution is 7.89. The molecule has 2 amide bonds. The number of amides is 2. The molecule has 40 heavy (non-hydrogen) atoms. The maximum Gasteiger partial charge on any atom is 0.331 e. The molecule has 3 aromatic rings. The van der Waals surface area contributed by atoms with Crippen LogP contribution in [0.3, 0.4) is 0 Å². The zero-order valence-electron chi connectivity index (χ0n) is 22.2. The Labute approximate surface area is 233 Å². The number of hydrogen-bond acceptors (Lipinski definition) is 8. The standard InChI is InChI=1S/C28H33N5O6S/c1-2-39-28(36)25(33(23-11-15-30-16-12-23)27(35)21-9-13-29-14-10-21)18-31-26(34)19-32-40(37,38)24-8-7-20-5-3-4-6-22(20)17-24/h3-8,11-12,15-17,21,25,29,32H,2,9-10,13-14,18-19H2,1H3,(H,31,34). The Kier molecular flexibility index (Phi) is 9.80. The molecule has 1 aliphatic heterocycles. The second-order valence-electron chi connectivity index (χ2n) is 9.34. The lowest BCUT2D eigenvalue weighted by Crippen LogP contribution is -2.55. The summed E-state index contributed by atoms with van der Waals surface area (Å²) in [4.78, 5) is 44.9. The van der Waals surface area contributed by atoms with E-state index in [4.69, 9.17) is 4.74 Å². The topological polar surface area (TPSA) is 147 Å². The molecule has 2 aromatic carbocycles. The average Bonchev–Trinajstić information content (AvgIpc) is 2.98.